The van der Waals surface area contributed by atoms with E-state index in [-0.39, 0.29) is 17.3 Å². The molecular weight excluding hydrogens is 282 g/mol. The Morgan fingerprint density at radius 3 is 2.76 bits per heavy atom. The fourth-order valence-corrected chi connectivity index (χ4v) is 4.64. The van der Waals surface area contributed by atoms with Crippen LogP contribution in [0.2, 0.25) is 0 Å². The second-order valence-corrected chi connectivity index (χ2v) is 7.32. The number of benzene rings is 1. The lowest BCUT2D eigenvalue weighted by molar-refractivity contribution is -0.132. The van der Waals surface area contributed by atoms with E-state index >= 15 is 0 Å². The van der Waals surface area contributed by atoms with Crippen LogP contribution in [0.5, 0.6) is 0 Å². The summed E-state index contributed by atoms with van der Waals surface area (Å²) in [5.41, 5.74) is 2.53. The van der Waals surface area contributed by atoms with Gasteiger partial charge in [-0.1, -0.05) is 24.3 Å². The van der Waals surface area contributed by atoms with Crippen LogP contribution in [-0.2, 0) is 11.2 Å². The number of rotatable bonds is 2. The molecule has 2 aliphatic rings. The van der Waals surface area contributed by atoms with Gasteiger partial charge in [-0.25, -0.2) is 0 Å². The van der Waals surface area contributed by atoms with Crippen molar-refractivity contribution >= 4 is 17.7 Å². The van der Waals surface area contributed by atoms with Crippen molar-refractivity contribution in [3.05, 3.63) is 35.4 Å². The van der Waals surface area contributed by atoms with Crippen molar-refractivity contribution in [3.63, 3.8) is 0 Å². The maximum absolute atomic E-state index is 12.8. The van der Waals surface area contributed by atoms with Gasteiger partial charge in [-0.2, -0.15) is 0 Å². The maximum atomic E-state index is 12.8. The van der Waals surface area contributed by atoms with Crippen LogP contribution in [-0.4, -0.2) is 40.9 Å². The number of hydrogen-bond donors (Lipinski definition) is 1. The summed E-state index contributed by atoms with van der Waals surface area (Å²) < 4.78 is 0. The third-order valence-electron chi connectivity index (χ3n) is 4.75. The Morgan fingerprint density at radius 2 is 2.05 bits per heavy atom. The number of carbonyl (C=O) groups is 1. The van der Waals surface area contributed by atoms with Crippen molar-refractivity contribution in [1.82, 2.24) is 4.90 Å². The van der Waals surface area contributed by atoms with Crippen molar-refractivity contribution in [3.8, 4) is 0 Å². The molecule has 0 bridgehead atoms. The zero-order valence-corrected chi connectivity index (χ0v) is 13.3. The molecule has 1 N–H and O–H groups in total. The first-order chi connectivity index (χ1) is 10.2. The molecule has 1 aromatic carbocycles. The molecule has 0 aromatic heterocycles. The van der Waals surface area contributed by atoms with Crippen molar-refractivity contribution < 1.29 is 9.90 Å². The molecule has 1 fully saturated rings. The number of nitrogens with zero attached hydrogens (tertiary/aromatic N) is 1. The Balaban J connectivity index is 1.70. The van der Waals surface area contributed by atoms with Gasteiger partial charge in [0.05, 0.1) is 6.10 Å². The standard InChI is InChI=1S/C17H23NO2S/c1-12(19)13-6-9-18(10-7-13)17(20)16-15-5-3-2-4-14(15)8-11-21-16/h2-5,12-13,16,19H,6-11H2,1H3. The molecule has 3 nitrogen and oxygen atoms in total. The molecule has 2 heterocycles. The van der Waals surface area contributed by atoms with Crippen LogP contribution in [0.3, 0.4) is 0 Å². The predicted molar refractivity (Wildman–Crippen MR) is 86.3 cm³/mol. The molecule has 21 heavy (non-hydrogen) atoms. The number of aliphatic hydroxyl groups excluding tert-OH is 1. The Labute approximate surface area is 130 Å². The fraction of sp³-hybridized carbons (Fsp3) is 0.588. The van der Waals surface area contributed by atoms with Crippen molar-refractivity contribution in [2.24, 2.45) is 5.92 Å². The second kappa shape index (κ2) is 6.41. The molecule has 0 spiro atoms. The molecule has 4 heteroatoms. The van der Waals surface area contributed by atoms with Gasteiger partial charge in [0, 0.05) is 13.1 Å². The molecule has 0 saturated carbocycles. The molecule has 114 valence electrons. The van der Waals surface area contributed by atoms with Gasteiger partial charge in [-0.15, -0.1) is 11.8 Å². The Bertz CT molecular complexity index is 509. The first kappa shape index (κ1) is 14.9. The average molecular weight is 305 g/mol. The van der Waals surface area contributed by atoms with E-state index in [1.165, 1.54) is 11.1 Å². The number of carbonyl (C=O) groups excluding carboxylic acids is 1. The van der Waals surface area contributed by atoms with Gasteiger partial charge in [0.15, 0.2) is 0 Å². The van der Waals surface area contributed by atoms with Gasteiger partial charge < -0.3 is 10.0 Å². The van der Waals surface area contributed by atoms with Crippen LogP contribution in [0.15, 0.2) is 24.3 Å². The SMILES string of the molecule is CC(O)C1CCN(C(=O)C2SCCc3ccccc32)CC1. The lowest BCUT2D eigenvalue weighted by atomic mass is 9.91. The van der Waals surface area contributed by atoms with Gasteiger partial charge in [0.1, 0.15) is 5.25 Å². The number of thioether (sulfide) groups is 1. The van der Waals surface area contributed by atoms with Crippen LogP contribution in [0.25, 0.3) is 0 Å². The summed E-state index contributed by atoms with van der Waals surface area (Å²) in [4.78, 5) is 14.8. The first-order valence-electron chi connectivity index (χ1n) is 7.83. The second-order valence-electron chi connectivity index (χ2n) is 6.10. The number of likely N-dealkylation sites (tertiary alicyclic amines) is 1. The molecular formula is C17H23NO2S. The highest BCUT2D eigenvalue weighted by Gasteiger charge is 2.33. The zero-order valence-electron chi connectivity index (χ0n) is 12.5. The normalized spacial score (nSPS) is 24.5. The Morgan fingerprint density at radius 1 is 1.33 bits per heavy atom. The molecule has 1 aromatic rings. The zero-order chi connectivity index (χ0) is 14.8. The number of piperidine rings is 1. The summed E-state index contributed by atoms with van der Waals surface area (Å²) in [5.74, 6) is 1.63. The van der Waals surface area contributed by atoms with E-state index in [0.29, 0.717) is 5.92 Å². The van der Waals surface area contributed by atoms with Gasteiger partial charge in [-0.3, -0.25) is 4.79 Å². The van der Waals surface area contributed by atoms with Crippen LogP contribution in [0.1, 0.15) is 36.1 Å². The fourth-order valence-electron chi connectivity index (χ4n) is 3.37. The van der Waals surface area contributed by atoms with E-state index in [1.54, 1.807) is 11.8 Å². The smallest absolute Gasteiger partial charge is 0.240 e. The molecule has 3 rings (SSSR count). The minimum absolute atomic E-state index is 0.0296. The third kappa shape index (κ3) is 3.11. The van der Waals surface area contributed by atoms with E-state index in [1.807, 2.05) is 17.9 Å². The highest BCUT2D eigenvalue weighted by atomic mass is 32.2. The van der Waals surface area contributed by atoms with E-state index in [9.17, 15) is 9.90 Å². The lowest BCUT2D eigenvalue weighted by Crippen LogP contribution is -2.42. The third-order valence-corrected chi connectivity index (χ3v) is 5.98. The van der Waals surface area contributed by atoms with E-state index in [0.717, 1.165) is 38.1 Å². The van der Waals surface area contributed by atoms with Crippen LogP contribution < -0.4 is 0 Å². The quantitative estimate of drug-likeness (QED) is 0.913. The van der Waals surface area contributed by atoms with Crippen LogP contribution >= 0.6 is 11.8 Å². The number of aliphatic hydroxyl groups is 1. The Hall–Kier alpha value is -1.00. The van der Waals surface area contributed by atoms with Gasteiger partial charge in [0.2, 0.25) is 5.91 Å². The van der Waals surface area contributed by atoms with E-state index in [2.05, 4.69) is 18.2 Å². The minimum Gasteiger partial charge on any atom is -0.393 e. The average Bonchev–Trinajstić information content (AvgIpc) is 2.53. The molecule has 2 unspecified atom stereocenters. The molecule has 0 radical (unpaired) electrons. The van der Waals surface area contributed by atoms with E-state index in [4.69, 9.17) is 0 Å². The number of hydrogen-bond acceptors (Lipinski definition) is 3. The number of fused-ring (bicyclic) bond motifs is 1. The number of aryl methyl sites for hydroxylation is 1. The summed E-state index contributed by atoms with van der Waals surface area (Å²) >= 11 is 1.77. The predicted octanol–water partition coefficient (Wildman–Crippen LogP) is 2.64. The van der Waals surface area contributed by atoms with Crippen molar-refractivity contribution in [2.45, 2.75) is 37.5 Å². The summed E-state index contributed by atoms with van der Waals surface area (Å²) in [6.07, 6.45) is 2.65. The summed E-state index contributed by atoms with van der Waals surface area (Å²) in [7, 11) is 0. The van der Waals surface area contributed by atoms with Crippen LogP contribution in [0, 0.1) is 5.92 Å². The monoisotopic (exact) mass is 305 g/mol. The van der Waals surface area contributed by atoms with Crippen molar-refractivity contribution in [1.29, 1.82) is 0 Å². The highest BCUT2D eigenvalue weighted by molar-refractivity contribution is 8.00. The maximum Gasteiger partial charge on any atom is 0.240 e. The molecule has 2 atom stereocenters. The van der Waals surface area contributed by atoms with Crippen molar-refractivity contribution in [2.75, 3.05) is 18.8 Å². The molecule has 1 saturated heterocycles. The Kier molecular flexibility index (Phi) is 4.55. The highest BCUT2D eigenvalue weighted by Crippen LogP contribution is 2.38. The molecule has 2 aliphatic heterocycles. The molecule has 0 aliphatic carbocycles. The summed E-state index contributed by atoms with van der Waals surface area (Å²) in [6.45, 7) is 3.43. The van der Waals surface area contributed by atoms with E-state index < -0.39 is 0 Å². The first-order valence-corrected chi connectivity index (χ1v) is 8.88. The molecule has 1 amide bonds. The van der Waals surface area contributed by atoms with Gasteiger partial charge >= 0.3 is 0 Å². The summed E-state index contributed by atoms with van der Waals surface area (Å²) in [5, 5.41) is 9.64. The van der Waals surface area contributed by atoms with Gasteiger partial charge in [-0.05, 0) is 49.0 Å². The lowest BCUT2D eigenvalue weighted by Gasteiger charge is -2.36. The van der Waals surface area contributed by atoms with Crippen LogP contribution in [0.4, 0.5) is 0 Å². The van der Waals surface area contributed by atoms with Gasteiger partial charge in [0.25, 0.3) is 0 Å². The topological polar surface area (TPSA) is 40.5 Å². The minimum atomic E-state index is -0.257. The summed E-state index contributed by atoms with van der Waals surface area (Å²) in [6, 6.07) is 8.34. The largest absolute Gasteiger partial charge is 0.393 e. The number of amides is 1.